The van der Waals surface area contributed by atoms with Gasteiger partial charge >= 0.3 is 0 Å². The summed E-state index contributed by atoms with van der Waals surface area (Å²) in [5, 5.41) is 0. The predicted octanol–water partition coefficient (Wildman–Crippen LogP) is 13.1. The largest absolute Gasteiger partial charge is 0.134 e. The van der Waals surface area contributed by atoms with Gasteiger partial charge in [-0.2, -0.15) is 0 Å². The molecular formula is C26H28S9. The van der Waals surface area contributed by atoms with E-state index in [9.17, 15) is 0 Å². The number of aryl methyl sites for hydroxylation is 1. The van der Waals surface area contributed by atoms with Crippen molar-refractivity contribution in [2.75, 3.05) is 0 Å². The minimum Gasteiger partial charge on any atom is -0.134 e. The van der Waals surface area contributed by atoms with E-state index in [1.165, 1.54) is 85.2 Å². The zero-order valence-corrected chi connectivity index (χ0v) is 28.2. The minimum absolute atomic E-state index is 1.17. The van der Waals surface area contributed by atoms with Gasteiger partial charge in [-0.15, -0.1) is 11.3 Å². The second-order valence-electron chi connectivity index (χ2n) is 8.53. The number of thioether (sulfide) groups is 8. The van der Waals surface area contributed by atoms with Gasteiger partial charge in [-0.05, 0) is 85.6 Å². The van der Waals surface area contributed by atoms with Crippen LogP contribution < -0.4 is 0 Å². The summed E-state index contributed by atoms with van der Waals surface area (Å²) >= 11 is 17.8. The Balaban J connectivity index is 1.43. The number of thiophene rings is 1. The van der Waals surface area contributed by atoms with E-state index in [1.54, 1.807) is 5.56 Å². The van der Waals surface area contributed by atoms with Crippen LogP contribution in [0.25, 0.3) is 9.81 Å². The number of allylic oxidation sites excluding steroid dienone is 6. The molecule has 0 aromatic carbocycles. The maximum Gasteiger partial charge on any atom is 0.0703 e. The zero-order valence-electron chi connectivity index (χ0n) is 20.9. The lowest BCUT2D eigenvalue weighted by Gasteiger charge is -2.05. The molecule has 0 fully saturated rings. The molecule has 35 heavy (non-hydrogen) atoms. The van der Waals surface area contributed by atoms with Gasteiger partial charge in [0.1, 0.15) is 0 Å². The van der Waals surface area contributed by atoms with E-state index in [0.29, 0.717) is 0 Å². The summed E-state index contributed by atoms with van der Waals surface area (Å²) in [5.41, 5.74) is 1.54. The molecule has 1 aromatic rings. The second kappa shape index (κ2) is 11.6. The zero-order chi connectivity index (χ0) is 24.9. The Bertz CT molecular complexity index is 1250. The second-order valence-corrected chi connectivity index (χ2v) is 20.0. The van der Waals surface area contributed by atoms with E-state index in [2.05, 4.69) is 54.5 Å². The van der Waals surface area contributed by atoms with Gasteiger partial charge in [0, 0.05) is 29.4 Å². The van der Waals surface area contributed by atoms with Crippen molar-refractivity contribution < 1.29 is 0 Å². The van der Waals surface area contributed by atoms with E-state index in [4.69, 9.17) is 0 Å². The Labute approximate surface area is 248 Å². The van der Waals surface area contributed by atoms with Crippen LogP contribution >= 0.6 is 105 Å². The smallest absolute Gasteiger partial charge is 0.0703 e. The van der Waals surface area contributed by atoms with Crippen molar-refractivity contribution in [3.63, 3.8) is 0 Å². The first-order valence-electron chi connectivity index (χ1n) is 11.6. The Kier molecular flexibility index (Phi) is 9.10. The van der Waals surface area contributed by atoms with Crippen molar-refractivity contribution in [2.24, 2.45) is 0 Å². The Morgan fingerprint density at radius 1 is 0.543 bits per heavy atom. The third-order valence-electron chi connectivity index (χ3n) is 5.87. The molecule has 5 heterocycles. The summed E-state index contributed by atoms with van der Waals surface area (Å²) in [5.74, 6) is 0. The average molecular weight is 629 g/mol. The van der Waals surface area contributed by atoms with Crippen molar-refractivity contribution >= 4 is 115 Å². The summed E-state index contributed by atoms with van der Waals surface area (Å²) in [6.07, 6.45) is 3.66. The molecule has 0 aliphatic carbocycles. The van der Waals surface area contributed by atoms with Crippen molar-refractivity contribution in [3.8, 4) is 0 Å². The fraction of sp³-hybridized carbons (Fsp3) is 0.385. The van der Waals surface area contributed by atoms with Crippen molar-refractivity contribution in [2.45, 2.75) is 67.7 Å². The van der Waals surface area contributed by atoms with Crippen LogP contribution in [0.15, 0.2) is 52.4 Å². The van der Waals surface area contributed by atoms with E-state index < -0.39 is 0 Å². The van der Waals surface area contributed by atoms with Gasteiger partial charge in [0.2, 0.25) is 0 Å². The summed E-state index contributed by atoms with van der Waals surface area (Å²) in [4.78, 5) is 14.7. The molecule has 186 valence electrons. The molecule has 0 nitrogen and oxygen atoms in total. The SMILES string of the molecule is CCCCc1cc(C2=C(C)SC(=C3SC(C)=C(C)S3)S2)sc1C1=C(C)SC(=C2SC(C)=C(C)S2)S1. The first-order chi connectivity index (χ1) is 16.7. The molecule has 0 amide bonds. The molecule has 1 aromatic heterocycles. The fourth-order valence-electron chi connectivity index (χ4n) is 3.68. The molecule has 9 heteroatoms. The number of hydrogen-bond donors (Lipinski definition) is 0. The van der Waals surface area contributed by atoms with Crippen LogP contribution in [-0.2, 0) is 6.42 Å². The molecule has 5 rings (SSSR count). The highest BCUT2D eigenvalue weighted by atomic mass is 32.2. The van der Waals surface area contributed by atoms with Crippen molar-refractivity contribution in [3.05, 3.63) is 67.8 Å². The Morgan fingerprint density at radius 3 is 1.49 bits per heavy atom. The summed E-state index contributed by atoms with van der Waals surface area (Å²) < 4.78 is 5.88. The number of rotatable bonds is 5. The van der Waals surface area contributed by atoms with Crippen LogP contribution in [0.3, 0.4) is 0 Å². The van der Waals surface area contributed by atoms with Crippen LogP contribution in [0, 0.1) is 0 Å². The average Bonchev–Trinajstić information content (AvgIpc) is 3.61. The maximum atomic E-state index is 2.52. The van der Waals surface area contributed by atoms with Gasteiger partial charge in [0.05, 0.1) is 16.9 Å². The van der Waals surface area contributed by atoms with E-state index in [1.807, 2.05) is 105 Å². The lowest BCUT2D eigenvalue weighted by molar-refractivity contribution is 0.796. The first-order valence-corrected chi connectivity index (χ1v) is 18.9. The molecule has 0 saturated carbocycles. The van der Waals surface area contributed by atoms with Crippen LogP contribution in [0.5, 0.6) is 0 Å². The Hall–Kier alpha value is 0.940. The molecule has 0 saturated heterocycles. The number of hydrogen-bond acceptors (Lipinski definition) is 9. The fourth-order valence-corrected chi connectivity index (χ4v) is 16.3. The van der Waals surface area contributed by atoms with Gasteiger partial charge in [-0.1, -0.05) is 107 Å². The molecular weight excluding hydrogens is 601 g/mol. The first kappa shape index (κ1) is 27.5. The minimum atomic E-state index is 1.17. The lowest BCUT2D eigenvalue weighted by Crippen LogP contribution is -1.86. The monoisotopic (exact) mass is 628 g/mol. The summed E-state index contributed by atoms with van der Waals surface area (Å²) in [7, 11) is 0. The maximum absolute atomic E-state index is 2.52. The summed E-state index contributed by atoms with van der Waals surface area (Å²) in [6, 6.07) is 2.52. The van der Waals surface area contributed by atoms with E-state index in [-0.39, 0.29) is 0 Å². The third kappa shape index (κ3) is 5.79. The summed E-state index contributed by atoms with van der Waals surface area (Å²) in [6.45, 7) is 15.9. The quantitative estimate of drug-likeness (QED) is 0.312. The molecule has 0 radical (unpaired) electrons. The third-order valence-corrected chi connectivity index (χ3v) is 18.9. The van der Waals surface area contributed by atoms with E-state index in [0.717, 1.165) is 0 Å². The predicted molar refractivity (Wildman–Crippen MR) is 180 cm³/mol. The highest BCUT2D eigenvalue weighted by Crippen LogP contribution is 2.64. The molecule has 0 N–H and O–H groups in total. The van der Waals surface area contributed by atoms with E-state index >= 15 is 0 Å². The van der Waals surface area contributed by atoms with Gasteiger partial charge in [0.15, 0.2) is 0 Å². The van der Waals surface area contributed by atoms with Crippen LogP contribution in [0.1, 0.15) is 76.6 Å². The molecule has 0 bridgehead atoms. The van der Waals surface area contributed by atoms with Crippen LogP contribution in [0.2, 0.25) is 0 Å². The Morgan fingerprint density at radius 2 is 0.971 bits per heavy atom. The molecule has 0 unspecified atom stereocenters. The molecule has 4 aliphatic rings. The molecule has 4 aliphatic heterocycles. The van der Waals surface area contributed by atoms with Crippen molar-refractivity contribution in [1.29, 1.82) is 0 Å². The van der Waals surface area contributed by atoms with Gasteiger partial charge < -0.3 is 0 Å². The van der Waals surface area contributed by atoms with Crippen LogP contribution in [-0.4, -0.2) is 0 Å². The highest BCUT2D eigenvalue weighted by Gasteiger charge is 2.31. The number of unbranched alkanes of at least 4 members (excludes halogenated alkanes) is 1. The highest BCUT2D eigenvalue weighted by molar-refractivity contribution is 8.36. The van der Waals surface area contributed by atoms with Crippen molar-refractivity contribution in [1.82, 2.24) is 0 Å². The molecule has 0 spiro atoms. The normalized spacial score (nSPS) is 21.5. The topological polar surface area (TPSA) is 0 Å². The van der Waals surface area contributed by atoms with Crippen LogP contribution in [0.4, 0.5) is 0 Å². The van der Waals surface area contributed by atoms with Gasteiger partial charge in [0.25, 0.3) is 0 Å². The standard InChI is InChI=1S/C26H28S9/c1-8-9-10-18-11-19(20-16(6)31-25(34-20)23-27-12(2)13(3)28-23)33-22(18)21-17(7)32-26(35-21)24-29-14(4)15(5)30-24/h11H,8-10H2,1-7H3. The molecule has 0 atom stereocenters. The lowest BCUT2D eigenvalue weighted by atomic mass is 10.1. The van der Waals surface area contributed by atoms with Gasteiger partial charge in [-0.25, -0.2) is 0 Å². The van der Waals surface area contributed by atoms with Gasteiger partial charge in [-0.3, -0.25) is 0 Å².